The van der Waals surface area contributed by atoms with Crippen molar-refractivity contribution >= 4 is 81.3 Å². The van der Waals surface area contributed by atoms with Crippen LogP contribution in [0.5, 0.6) is 0 Å². The number of carbonyl (C=O) groups is 4. The van der Waals surface area contributed by atoms with Crippen LogP contribution >= 0.6 is 46.6 Å². The fourth-order valence-corrected chi connectivity index (χ4v) is 12.4. The number of fused-ring (bicyclic) bond motifs is 1. The summed E-state index contributed by atoms with van der Waals surface area (Å²) in [5.74, 6) is -1.62. The van der Waals surface area contributed by atoms with Crippen molar-refractivity contribution in [3.63, 3.8) is 0 Å². The van der Waals surface area contributed by atoms with Gasteiger partial charge in [-0.05, 0) is 44.0 Å². The number of hydrogen-bond acceptors (Lipinski definition) is 14. The van der Waals surface area contributed by atoms with Crippen molar-refractivity contribution in [2.75, 3.05) is 16.2 Å². The van der Waals surface area contributed by atoms with Crippen LogP contribution in [0.2, 0.25) is 0 Å². The quantitative estimate of drug-likeness (QED) is 0.0169. The number of aromatic nitrogens is 2. The molecule has 2 aliphatic rings. The van der Waals surface area contributed by atoms with Gasteiger partial charge in [0, 0.05) is 44.0 Å². The van der Waals surface area contributed by atoms with Crippen LogP contribution in [-0.4, -0.2) is 72.3 Å². The molecule has 2 N–H and O–H groups in total. The van der Waals surface area contributed by atoms with Crippen molar-refractivity contribution in [2.24, 2.45) is 5.16 Å². The number of nitrogens with one attached hydrogen (secondary N) is 2. The maximum Gasteiger partial charge on any atom is 0.413 e. The Hall–Kier alpha value is -7.18. The van der Waals surface area contributed by atoms with E-state index in [9.17, 15) is 19.2 Å². The molecule has 0 saturated carbocycles. The van der Waals surface area contributed by atoms with Crippen LogP contribution in [0.15, 0.2) is 202 Å². The molecule has 9 rings (SSSR count). The number of ether oxygens (including phenoxy) is 2. The third kappa shape index (κ3) is 11.3. The average Bonchev–Trinajstić information content (AvgIpc) is 3.86. The largest absolute Gasteiger partial charge is 0.448 e. The maximum absolute atomic E-state index is 15.0. The molecule has 0 aliphatic carbocycles. The van der Waals surface area contributed by atoms with Crippen LogP contribution in [0, 0.1) is 0 Å². The monoisotopic (exact) mass is 1030 g/mol. The zero-order chi connectivity index (χ0) is 50.1. The summed E-state index contributed by atoms with van der Waals surface area (Å²) in [7, 11) is 0. The Kier molecular flexibility index (Phi) is 15.6. The lowest BCUT2D eigenvalue weighted by Gasteiger charge is -2.49. The Morgan fingerprint density at radius 1 is 0.764 bits per heavy atom. The molecule has 0 radical (unpaired) electrons. The van der Waals surface area contributed by atoms with Crippen molar-refractivity contribution in [3.05, 3.63) is 226 Å². The number of thiazole rings is 1. The van der Waals surface area contributed by atoms with Crippen molar-refractivity contribution in [3.8, 4) is 0 Å². The predicted octanol–water partition coefficient (Wildman–Crippen LogP) is 11.0. The highest BCUT2D eigenvalue weighted by Crippen LogP contribution is 2.46. The Morgan fingerprint density at radius 2 is 1.32 bits per heavy atom. The number of pyridine rings is 1. The summed E-state index contributed by atoms with van der Waals surface area (Å²) in [6, 6.07) is 52.1. The smallest absolute Gasteiger partial charge is 0.413 e. The molecular weight excluding hydrogens is 985 g/mol. The predicted molar refractivity (Wildman–Crippen MR) is 284 cm³/mol. The molecule has 1 saturated heterocycles. The first-order chi connectivity index (χ1) is 35.0. The molecule has 1 fully saturated rings. The van der Waals surface area contributed by atoms with Crippen LogP contribution in [0.3, 0.4) is 0 Å². The van der Waals surface area contributed by atoms with E-state index in [-0.39, 0.29) is 22.2 Å². The van der Waals surface area contributed by atoms with Crippen molar-refractivity contribution in [1.82, 2.24) is 20.2 Å². The Bertz CT molecular complexity index is 2930. The molecule has 3 amide bonds. The normalized spacial score (nSPS) is 15.8. The van der Waals surface area contributed by atoms with E-state index in [0.717, 1.165) is 44.2 Å². The molecule has 4 heterocycles. The number of anilines is 1. The van der Waals surface area contributed by atoms with E-state index in [0.29, 0.717) is 15.7 Å². The van der Waals surface area contributed by atoms with E-state index in [1.165, 1.54) is 40.2 Å². The van der Waals surface area contributed by atoms with Crippen molar-refractivity contribution in [1.29, 1.82) is 0 Å². The number of oxime groups is 1. The Labute approximate surface area is 433 Å². The summed E-state index contributed by atoms with van der Waals surface area (Å²) >= 11 is 5.42. The molecular formula is C55H48N6O7S4. The molecule has 7 aromatic rings. The van der Waals surface area contributed by atoms with Gasteiger partial charge in [-0.25, -0.2) is 19.6 Å². The van der Waals surface area contributed by atoms with E-state index in [1.54, 1.807) is 32.3 Å². The van der Waals surface area contributed by atoms with Crippen LogP contribution in [0.4, 0.5) is 9.93 Å². The molecule has 17 heteroatoms. The third-order valence-corrected chi connectivity index (χ3v) is 15.7. The summed E-state index contributed by atoms with van der Waals surface area (Å²) in [4.78, 5) is 75.2. The van der Waals surface area contributed by atoms with Crippen LogP contribution in [-0.2, 0) is 34.3 Å². The second kappa shape index (κ2) is 22.5. The topological polar surface area (TPSA) is 161 Å². The van der Waals surface area contributed by atoms with Gasteiger partial charge in [0.05, 0.1) is 5.03 Å². The zero-order valence-electron chi connectivity index (χ0n) is 39.2. The third-order valence-electron chi connectivity index (χ3n) is 11.3. The number of thioether (sulfide) groups is 3. The average molecular weight is 1030 g/mol. The molecule has 0 spiro atoms. The number of nitrogens with zero attached hydrogens (tertiary/aromatic N) is 4. The van der Waals surface area contributed by atoms with Crippen LogP contribution in [0.1, 0.15) is 60.4 Å². The van der Waals surface area contributed by atoms with Gasteiger partial charge in [0.15, 0.2) is 16.9 Å². The number of β-lactam (4-membered cyclic amide) rings is 1. The van der Waals surface area contributed by atoms with Gasteiger partial charge in [0.1, 0.15) is 28.4 Å². The number of carbonyl (C=O) groups excluding carboxylic acids is 4. The first kappa shape index (κ1) is 49.8. The van der Waals surface area contributed by atoms with Gasteiger partial charge in [-0.3, -0.25) is 19.8 Å². The standard InChI is InChI=1S/C55H48N6O7S4/c1-54(2,3)67-53(65)59-52-57-41(33-70-52)44(60-68-55(38-25-13-6-14-26-38,39-27-15-7-16-28-39)40-29-17-8-18-30-40)48(62)58-45-49(63)61-46(42(34-69-50(45)61)71-35-72-43-31-19-20-32-56-43)51(64)66-47(36-21-9-4-10-22-36)37-23-11-5-12-24-37/h4-33,45,47,50H,34-35H2,1-3H3,(H,58,62)(H,57,59,65)/b60-44+/t45-,50-/m1/s1. The molecule has 72 heavy (non-hydrogen) atoms. The maximum atomic E-state index is 15.0. The lowest BCUT2D eigenvalue weighted by atomic mass is 9.80. The number of esters is 1. The van der Waals surface area contributed by atoms with Gasteiger partial charge in [-0.15, -0.1) is 34.9 Å². The number of rotatable bonds is 17. The SMILES string of the molecule is CC(C)(C)OC(=O)Nc1nc(/C(=N\OC(c2ccccc2)(c2ccccc2)c2ccccc2)C(=O)N[C@@H]2C(=O)N3C(C(=O)OC(c4ccccc4)c4ccccc4)=C(SCSc4ccccn4)CS[C@H]23)cs1. The first-order valence-electron chi connectivity index (χ1n) is 22.8. The molecule has 364 valence electrons. The highest BCUT2D eigenvalue weighted by molar-refractivity contribution is 8.18. The van der Waals surface area contributed by atoms with Gasteiger partial charge in [0.2, 0.25) is 5.60 Å². The molecule has 5 aromatic carbocycles. The number of amides is 3. The summed E-state index contributed by atoms with van der Waals surface area (Å²) in [6.45, 7) is 5.23. The minimum atomic E-state index is -1.38. The first-order valence-corrected chi connectivity index (χ1v) is 26.7. The molecule has 2 atom stereocenters. The summed E-state index contributed by atoms with van der Waals surface area (Å²) in [6.07, 6.45) is 0.213. The molecule has 2 aromatic heterocycles. The van der Waals surface area contributed by atoms with Crippen LogP contribution < -0.4 is 10.6 Å². The lowest BCUT2D eigenvalue weighted by molar-refractivity contribution is -0.154. The fourth-order valence-electron chi connectivity index (χ4n) is 8.07. The second-order valence-corrected chi connectivity index (χ2v) is 21.7. The van der Waals surface area contributed by atoms with Crippen molar-refractivity contribution < 1.29 is 33.5 Å². The van der Waals surface area contributed by atoms with Gasteiger partial charge in [-0.1, -0.05) is 175 Å². The zero-order valence-corrected chi connectivity index (χ0v) is 42.5. The van der Waals surface area contributed by atoms with Gasteiger partial charge >= 0.3 is 12.1 Å². The minimum Gasteiger partial charge on any atom is -0.448 e. The summed E-state index contributed by atoms with van der Waals surface area (Å²) < 4.78 is 11.9. The van der Waals surface area contributed by atoms with Gasteiger partial charge < -0.3 is 19.6 Å². The van der Waals surface area contributed by atoms with Gasteiger partial charge in [-0.2, -0.15) is 0 Å². The highest BCUT2D eigenvalue weighted by Gasteiger charge is 2.55. The number of hydrogen-bond donors (Lipinski definition) is 2. The fraction of sp³-hybridized carbons (Fsp3) is 0.182. The summed E-state index contributed by atoms with van der Waals surface area (Å²) in [5, 5.41) is 12.6. The van der Waals surface area contributed by atoms with Gasteiger partial charge in [0.25, 0.3) is 11.8 Å². The molecule has 0 bridgehead atoms. The lowest BCUT2D eigenvalue weighted by Crippen LogP contribution is -2.71. The van der Waals surface area contributed by atoms with E-state index in [2.05, 4.69) is 25.8 Å². The van der Waals surface area contributed by atoms with E-state index < -0.39 is 52.6 Å². The highest BCUT2D eigenvalue weighted by atomic mass is 32.2. The van der Waals surface area contributed by atoms with Crippen molar-refractivity contribution in [2.45, 2.75) is 54.5 Å². The van der Waals surface area contributed by atoms with E-state index in [1.807, 2.05) is 170 Å². The molecule has 0 unspecified atom stereocenters. The molecule has 2 aliphatic heterocycles. The van der Waals surface area contributed by atoms with Crippen LogP contribution in [0.25, 0.3) is 0 Å². The van der Waals surface area contributed by atoms with E-state index in [4.69, 9.17) is 14.3 Å². The number of benzene rings is 5. The Morgan fingerprint density at radius 3 is 1.86 bits per heavy atom. The summed E-state index contributed by atoms with van der Waals surface area (Å²) in [5.41, 5.74) is 1.43. The second-order valence-electron chi connectivity index (χ2n) is 17.3. The molecule has 13 nitrogen and oxygen atoms in total. The Balaban J connectivity index is 1.06. The van der Waals surface area contributed by atoms with E-state index >= 15 is 0 Å². The minimum absolute atomic E-state index is 0.0627.